The molecule has 0 saturated carbocycles. The highest BCUT2D eigenvalue weighted by atomic mass is 16.3. The average Bonchev–Trinajstić information content (AvgIpc) is 2.99. The predicted octanol–water partition coefficient (Wildman–Crippen LogP) is 4.19. The number of nitrogens with zero attached hydrogens (tertiary/aromatic N) is 3. The Morgan fingerprint density at radius 1 is 1.04 bits per heavy atom. The predicted molar refractivity (Wildman–Crippen MR) is 91.5 cm³/mol. The van der Waals surface area contributed by atoms with Gasteiger partial charge in [0.1, 0.15) is 17.2 Å². The molecule has 3 aromatic rings. The number of aromatic nitrogens is 2. The summed E-state index contributed by atoms with van der Waals surface area (Å²) >= 11 is 0. The molecule has 3 rings (SSSR count). The minimum atomic E-state index is 0.464. The van der Waals surface area contributed by atoms with E-state index >= 15 is 0 Å². The summed E-state index contributed by atoms with van der Waals surface area (Å²) in [5.74, 6) is 2.05. The molecule has 0 fully saturated rings. The molecule has 0 unspecified atom stereocenters. The largest absolute Gasteiger partial charge is 0.460 e. The fourth-order valence-corrected chi connectivity index (χ4v) is 2.19. The molecule has 2 heterocycles. The highest BCUT2D eigenvalue weighted by molar-refractivity contribution is 5.96. The quantitative estimate of drug-likeness (QED) is 0.580. The first-order valence-electron chi connectivity index (χ1n) is 7.40. The van der Waals surface area contributed by atoms with Crippen LogP contribution in [0.1, 0.15) is 24.1 Å². The van der Waals surface area contributed by atoms with Crippen LogP contribution in [0.15, 0.2) is 58.0 Å². The second-order valence-electron chi connectivity index (χ2n) is 5.30. The van der Waals surface area contributed by atoms with E-state index in [1.807, 2.05) is 69.3 Å². The van der Waals surface area contributed by atoms with E-state index in [0.717, 1.165) is 34.2 Å². The maximum Gasteiger partial charge on any atom is 0.244 e. The Labute approximate surface area is 135 Å². The Hall–Kier alpha value is -2.95. The zero-order valence-electron chi connectivity index (χ0n) is 13.4. The van der Waals surface area contributed by atoms with Crippen LogP contribution in [0.4, 0.5) is 5.95 Å². The van der Waals surface area contributed by atoms with Crippen LogP contribution in [-0.2, 0) is 0 Å². The monoisotopic (exact) mass is 306 g/mol. The molecule has 0 aliphatic carbocycles. The molecule has 2 aromatic heterocycles. The van der Waals surface area contributed by atoms with Crippen LogP contribution < -0.4 is 5.43 Å². The third-order valence-corrected chi connectivity index (χ3v) is 3.34. The van der Waals surface area contributed by atoms with E-state index in [-0.39, 0.29) is 0 Å². The molecule has 0 spiro atoms. The van der Waals surface area contributed by atoms with Crippen LogP contribution in [0.5, 0.6) is 0 Å². The van der Waals surface area contributed by atoms with Crippen LogP contribution in [0.2, 0.25) is 0 Å². The minimum absolute atomic E-state index is 0.464. The lowest BCUT2D eigenvalue weighted by atomic mass is 10.1. The van der Waals surface area contributed by atoms with Crippen molar-refractivity contribution in [3.05, 3.63) is 65.7 Å². The normalized spacial score (nSPS) is 11.5. The zero-order chi connectivity index (χ0) is 16.2. The molecule has 116 valence electrons. The van der Waals surface area contributed by atoms with Gasteiger partial charge in [0, 0.05) is 11.3 Å². The highest BCUT2D eigenvalue weighted by Crippen LogP contribution is 2.18. The number of rotatable bonds is 4. The van der Waals surface area contributed by atoms with E-state index in [2.05, 4.69) is 20.5 Å². The number of anilines is 1. The topological polar surface area (TPSA) is 63.3 Å². The Balaban J connectivity index is 1.85. The van der Waals surface area contributed by atoms with E-state index in [9.17, 15) is 0 Å². The summed E-state index contributed by atoms with van der Waals surface area (Å²) in [6.07, 6.45) is 0. The summed E-state index contributed by atoms with van der Waals surface area (Å²) in [5, 5.41) is 4.30. The lowest BCUT2D eigenvalue weighted by Crippen LogP contribution is -2.03. The molecule has 0 saturated heterocycles. The van der Waals surface area contributed by atoms with Crippen molar-refractivity contribution < 1.29 is 4.42 Å². The first kappa shape index (κ1) is 15.0. The standard InChI is InChI=1S/C18H18N4O/c1-12-11-16(15-7-5-4-6-8-15)20-18(19-12)22-21-14(3)17-10-9-13(2)23-17/h4-11H,1-3H3,(H,19,20,22)/b21-14+. The Morgan fingerprint density at radius 3 is 2.52 bits per heavy atom. The SMILES string of the molecule is C/C(=N\Nc1nc(C)cc(-c2ccccc2)n1)c1ccc(C)o1. The number of nitrogens with one attached hydrogen (secondary N) is 1. The van der Waals surface area contributed by atoms with Gasteiger partial charge in [-0.25, -0.2) is 15.4 Å². The summed E-state index contributed by atoms with van der Waals surface area (Å²) in [6, 6.07) is 15.7. The molecule has 0 aliphatic rings. The maximum atomic E-state index is 5.54. The summed E-state index contributed by atoms with van der Waals surface area (Å²) in [7, 11) is 0. The molecule has 23 heavy (non-hydrogen) atoms. The van der Waals surface area contributed by atoms with Gasteiger partial charge >= 0.3 is 0 Å². The van der Waals surface area contributed by atoms with E-state index in [1.165, 1.54) is 0 Å². The van der Waals surface area contributed by atoms with Gasteiger partial charge in [-0.15, -0.1) is 0 Å². The van der Waals surface area contributed by atoms with E-state index in [4.69, 9.17) is 4.42 Å². The van der Waals surface area contributed by atoms with Crippen molar-refractivity contribution in [2.75, 3.05) is 5.43 Å². The molecule has 0 amide bonds. The lowest BCUT2D eigenvalue weighted by Gasteiger charge is -2.06. The summed E-state index contributed by atoms with van der Waals surface area (Å²) < 4.78 is 5.54. The van der Waals surface area contributed by atoms with Crippen LogP contribution >= 0.6 is 0 Å². The zero-order valence-corrected chi connectivity index (χ0v) is 13.4. The molecule has 5 nitrogen and oxygen atoms in total. The van der Waals surface area contributed by atoms with Crippen molar-refractivity contribution in [2.24, 2.45) is 5.10 Å². The van der Waals surface area contributed by atoms with Crippen molar-refractivity contribution in [3.63, 3.8) is 0 Å². The summed E-state index contributed by atoms with van der Waals surface area (Å²) in [6.45, 7) is 5.71. The van der Waals surface area contributed by atoms with Gasteiger partial charge in [-0.1, -0.05) is 30.3 Å². The fraction of sp³-hybridized carbons (Fsp3) is 0.167. The van der Waals surface area contributed by atoms with Gasteiger partial charge in [-0.05, 0) is 39.0 Å². The van der Waals surface area contributed by atoms with Crippen LogP contribution in [-0.4, -0.2) is 15.7 Å². The second kappa shape index (κ2) is 6.44. The molecule has 5 heteroatoms. The van der Waals surface area contributed by atoms with Crippen LogP contribution in [0.25, 0.3) is 11.3 Å². The van der Waals surface area contributed by atoms with Crippen molar-refractivity contribution in [2.45, 2.75) is 20.8 Å². The first-order chi connectivity index (χ1) is 11.1. The molecule has 1 aromatic carbocycles. The first-order valence-corrected chi connectivity index (χ1v) is 7.40. The lowest BCUT2D eigenvalue weighted by molar-refractivity contribution is 0.525. The molecule has 0 atom stereocenters. The van der Waals surface area contributed by atoms with E-state index in [1.54, 1.807) is 0 Å². The fourth-order valence-electron chi connectivity index (χ4n) is 2.19. The smallest absolute Gasteiger partial charge is 0.244 e. The van der Waals surface area contributed by atoms with Gasteiger partial charge in [0.05, 0.1) is 5.69 Å². The summed E-state index contributed by atoms with van der Waals surface area (Å²) in [4.78, 5) is 8.89. The van der Waals surface area contributed by atoms with Gasteiger partial charge in [-0.2, -0.15) is 5.10 Å². The number of hydrazone groups is 1. The van der Waals surface area contributed by atoms with E-state index in [0.29, 0.717) is 5.95 Å². The van der Waals surface area contributed by atoms with Crippen molar-refractivity contribution >= 4 is 11.7 Å². The van der Waals surface area contributed by atoms with Crippen molar-refractivity contribution in [3.8, 4) is 11.3 Å². The Bertz CT molecular complexity index is 837. The third-order valence-electron chi connectivity index (χ3n) is 3.34. The van der Waals surface area contributed by atoms with Crippen LogP contribution in [0, 0.1) is 13.8 Å². The molecule has 1 N–H and O–H groups in total. The third kappa shape index (κ3) is 3.63. The second-order valence-corrected chi connectivity index (χ2v) is 5.30. The maximum absolute atomic E-state index is 5.54. The molecule has 0 bridgehead atoms. The molecule has 0 radical (unpaired) electrons. The number of furan rings is 1. The number of hydrogen-bond acceptors (Lipinski definition) is 5. The average molecular weight is 306 g/mol. The number of hydrogen-bond donors (Lipinski definition) is 1. The van der Waals surface area contributed by atoms with Crippen molar-refractivity contribution in [1.82, 2.24) is 9.97 Å². The molecule has 0 aliphatic heterocycles. The number of aryl methyl sites for hydroxylation is 2. The van der Waals surface area contributed by atoms with E-state index < -0.39 is 0 Å². The Kier molecular flexibility index (Phi) is 4.19. The number of benzene rings is 1. The Morgan fingerprint density at radius 2 is 1.83 bits per heavy atom. The van der Waals surface area contributed by atoms with Crippen molar-refractivity contribution in [1.29, 1.82) is 0 Å². The van der Waals surface area contributed by atoms with Gasteiger partial charge in [-0.3, -0.25) is 0 Å². The van der Waals surface area contributed by atoms with Gasteiger partial charge in [0.15, 0.2) is 0 Å². The molecular formula is C18H18N4O. The van der Waals surface area contributed by atoms with Gasteiger partial charge < -0.3 is 4.42 Å². The van der Waals surface area contributed by atoms with Crippen LogP contribution in [0.3, 0.4) is 0 Å². The summed E-state index contributed by atoms with van der Waals surface area (Å²) in [5.41, 5.74) is 6.44. The van der Waals surface area contributed by atoms with Gasteiger partial charge in [0.25, 0.3) is 0 Å². The highest BCUT2D eigenvalue weighted by Gasteiger charge is 2.06. The minimum Gasteiger partial charge on any atom is -0.460 e. The van der Waals surface area contributed by atoms with Gasteiger partial charge in [0.2, 0.25) is 5.95 Å². The molecular weight excluding hydrogens is 288 g/mol.